The van der Waals surface area contributed by atoms with Crippen molar-refractivity contribution >= 4 is 11.7 Å². The molecule has 0 N–H and O–H groups in total. The van der Waals surface area contributed by atoms with Gasteiger partial charge in [0.05, 0.1) is 0 Å². The molecule has 21 heavy (non-hydrogen) atoms. The molecule has 0 aromatic carbocycles. The number of ketones is 1. The number of piperazine rings is 1. The average molecular weight is 292 g/mol. The van der Waals surface area contributed by atoms with Crippen molar-refractivity contribution in [3.8, 4) is 0 Å². The smallest absolute Gasteiger partial charge is 0.222 e. The molecule has 0 spiro atoms. The summed E-state index contributed by atoms with van der Waals surface area (Å²) in [5, 5.41) is 0. The molecule has 1 aliphatic heterocycles. The lowest BCUT2D eigenvalue weighted by atomic mass is 9.82. The Labute approximate surface area is 128 Å². The second kappa shape index (κ2) is 7.74. The predicted molar refractivity (Wildman–Crippen MR) is 84.0 cm³/mol. The van der Waals surface area contributed by atoms with E-state index in [2.05, 4.69) is 18.4 Å². The van der Waals surface area contributed by atoms with E-state index < -0.39 is 0 Å². The molecule has 2 rings (SSSR count). The standard InChI is InChI=1S/C17H28N2O2/c1-3-5-17(21)19-12-10-18(11-13-19)15-8-6-14(7-9-15)16(20)4-2/h4,14-15H,2-3,5-13H2,1H3. The van der Waals surface area contributed by atoms with E-state index in [-0.39, 0.29) is 11.7 Å². The van der Waals surface area contributed by atoms with Gasteiger partial charge in [-0.1, -0.05) is 13.5 Å². The zero-order chi connectivity index (χ0) is 15.2. The quantitative estimate of drug-likeness (QED) is 0.730. The second-order valence-electron chi connectivity index (χ2n) is 6.28. The Balaban J connectivity index is 1.75. The molecule has 2 aliphatic rings. The Kier molecular flexibility index (Phi) is 5.97. The van der Waals surface area contributed by atoms with Crippen LogP contribution >= 0.6 is 0 Å². The molecule has 0 unspecified atom stereocenters. The number of carbonyl (C=O) groups excluding carboxylic acids is 2. The second-order valence-corrected chi connectivity index (χ2v) is 6.28. The van der Waals surface area contributed by atoms with Crippen molar-refractivity contribution in [1.29, 1.82) is 0 Å². The zero-order valence-corrected chi connectivity index (χ0v) is 13.2. The number of amides is 1. The van der Waals surface area contributed by atoms with Crippen LogP contribution in [0.2, 0.25) is 0 Å². The summed E-state index contributed by atoms with van der Waals surface area (Å²) >= 11 is 0. The van der Waals surface area contributed by atoms with E-state index in [0.717, 1.165) is 58.3 Å². The third kappa shape index (κ3) is 4.16. The van der Waals surface area contributed by atoms with Crippen molar-refractivity contribution in [1.82, 2.24) is 9.80 Å². The number of nitrogens with zero attached hydrogens (tertiary/aromatic N) is 2. The fraction of sp³-hybridized carbons (Fsp3) is 0.765. The largest absolute Gasteiger partial charge is 0.340 e. The van der Waals surface area contributed by atoms with Gasteiger partial charge in [-0.3, -0.25) is 14.5 Å². The molecule has 4 heteroatoms. The normalized spacial score (nSPS) is 27.4. The molecule has 4 nitrogen and oxygen atoms in total. The van der Waals surface area contributed by atoms with E-state index in [1.807, 2.05) is 4.90 Å². The molecular formula is C17H28N2O2. The van der Waals surface area contributed by atoms with Crippen LogP contribution in [0, 0.1) is 5.92 Å². The molecule has 0 atom stereocenters. The topological polar surface area (TPSA) is 40.6 Å². The van der Waals surface area contributed by atoms with E-state index >= 15 is 0 Å². The van der Waals surface area contributed by atoms with Gasteiger partial charge in [-0.25, -0.2) is 0 Å². The van der Waals surface area contributed by atoms with Crippen molar-refractivity contribution in [3.63, 3.8) is 0 Å². The SMILES string of the molecule is C=CC(=O)C1CCC(N2CCN(C(=O)CCC)CC2)CC1. The fourth-order valence-corrected chi connectivity index (χ4v) is 3.60. The maximum absolute atomic E-state index is 11.9. The molecule has 1 heterocycles. The monoisotopic (exact) mass is 292 g/mol. The summed E-state index contributed by atoms with van der Waals surface area (Å²) in [6.07, 6.45) is 7.27. The van der Waals surface area contributed by atoms with Crippen molar-refractivity contribution in [2.75, 3.05) is 26.2 Å². The van der Waals surface area contributed by atoms with E-state index in [0.29, 0.717) is 18.4 Å². The highest BCUT2D eigenvalue weighted by Gasteiger charge is 2.30. The molecule has 1 saturated heterocycles. The van der Waals surface area contributed by atoms with E-state index in [9.17, 15) is 9.59 Å². The van der Waals surface area contributed by atoms with Gasteiger partial charge < -0.3 is 4.90 Å². The minimum Gasteiger partial charge on any atom is -0.340 e. The Hall–Kier alpha value is -1.16. The van der Waals surface area contributed by atoms with Crippen LogP contribution in [0.5, 0.6) is 0 Å². The first kappa shape index (κ1) is 16.2. The highest BCUT2D eigenvalue weighted by molar-refractivity contribution is 5.91. The molecule has 0 bridgehead atoms. The lowest BCUT2D eigenvalue weighted by molar-refractivity contribution is -0.133. The Morgan fingerprint density at radius 1 is 1.10 bits per heavy atom. The van der Waals surface area contributed by atoms with E-state index in [1.54, 1.807) is 0 Å². The molecule has 1 aliphatic carbocycles. The first-order chi connectivity index (χ1) is 10.2. The van der Waals surface area contributed by atoms with E-state index in [1.165, 1.54) is 6.08 Å². The molecule has 1 saturated carbocycles. The predicted octanol–water partition coefficient (Wildman–Crippen LogP) is 2.24. The number of allylic oxidation sites excluding steroid dienone is 1. The summed E-state index contributed by atoms with van der Waals surface area (Å²) in [7, 11) is 0. The first-order valence-electron chi connectivity index (χ1n) is 8.33. The number of rotatable bonds is 5. The fourth-order valence-electron chi connectivity index (χ4n) is 3.60. The average Bonchev–Trinajstić information content (AvgIpc) is 2.54. The Morgan fingerprint density at radius 3 is 2.24 bits per heavy atom. The Morgan fingerprint density at radius 2 is 1.71 bits per heavy atom. The first-order valence-corrected chi connectivity index (χ1v) is 8.33. The minimum absolute atomic E-state index is 0.200. The highest BCUT2D eigenvalue weighted by Crippen LogP contribution is 2.29. The van der Waals surface area contributed by atoms with Crippen molar-refractivity contribution in [3.05, 3.63) is 12.7 Å². The summed E-state index contributed by atoms with van der Waals surface area (Å²) in [5.74, 6) is 0.715. The lowest BCUT2D eigenvalue weighted by Crippen LogP contribution is -2.52. The van der Waals surface area contributed by atoms with Gasteiger partial charge in [0.25, 0.3) is 0 Å². The Bertz CT molecular complexity index is 378. The van der Waals surface area contributed by atoms with Gasteiger partial charge >= 0.3 is 0 Å². The third-order valence-corrected chi connectivity index (χ3v) is 4.95. The van der Waals surface area contributed by atoms with Gasteiger partial charge in [0, 0.05) is 44.6 Å². The zero-order valence-electron chi connectivity index (χ0n) is 13.2. The third-order valence-electron chi connectivity index (χ3n) is 4.95. The molecule has 1 amide bonds. The summed E-state index contributed by atoms with van der Waals surface area (Å²) in [4.78, 5) is 28.1. The minimum atomic E-state index is 0.200. The van der Waals surface area contributed by atoms with Crippen molar-refractivity contribution < 1.29 is 9.59 Å². The lowest BCUT2D eigenvalue weighted by Gasteiger charge is -2.41. The molecule has 2 fully saturated rings. The molecular weight excluding hydrogens is 264 g/mol. The number of carbonyl (C=O) groups is 2. The van der Waals surface area contributed by atoms with Gasteiger partial charge in [-0.2, -0.15) is 0 Å². The van der Waals surface area contributed by atoms with Gasteiger partial charge in [0.1, 0.15) is 0 Å². The van der Waals surface area contributed by atoms with Gasteiger partial charge in [-0.15, -0.1) is 0 Å². The van der Waals surface area contributed by atoms with Gasteiger partial charge in [0.15, 0.2) is 5.78 Å². The number of hydrogen-bond acceptors (Lipinski definition) is 3. The maximum atomic E-state index is 11.9. The van der Waals surface area contributed by atoms with E-state index in [4.69, 9.17) is 0 Å². The van der Waals surface area contributed by atoms with Crippen LogP contribution in [0.15, 0.2) is 12.7 Å². The van der Waals surface area contributed by atoms with Crippen LogP contribution in [0.1, 0.15) is 45.4 Å². The van der Waals surface area contributed by atoms with Gasteiger partial charge in [0.2, 0.25) is 5.91 Å². The van der Waals surface area contributed by atoms with Crippen LogP contribution in [0.4, 0.5) is 0 Å². The van der Waals surface area contributed by atoms with Gasteiger partial charge in [-0.05, 0) is 38.2 Å². The van der Waals surface area contributed by atoms with Crippen LogP contribution in [-0.4, -0.2) is 53.7 Å². The summed E-state index contributed by atoms with van der Waals surface area (Å²) in [5.41, 5.74) is 0. The maximum Gasteiger partial charge on any atom is 0.222 e. The van der Waals surface area contributed by atoms with Crippen LogP contribution in [-0.2, 0) is 9.59 Å². The summed E-state index contributed by atoms with van der Waals surface area (Å²) in [6, 6.07) is 0.599. The summed E-state index contributed by atoms with van der Waals surface area (Å²) in [6.45, 7) is 9.34. The molecule has 0 aromatic rings. The van der Waals surface area contributed by atoms with Crippen molar-refractivity contribution in [2.24, 2.45) is 5.92 Å². The van der Waals surface area contributed by atoms with Crippen LogP contribution < -0.4 is 0 Å². The summed E-state index contributed by atoms with van der Waals surface area (Å²) < 4.78 is 0. The van der Waals surface area contributed by atoms with Crippen molar-refractivity contribution in [2.45, 2.75) is 51.5 Å². The van der Waals surface area contributed by atoms with Crippen LogP contribution in [0.3, 0.4) is 0 Å². The molecule has 0 aromatic heterocycles. The highest BCUT2D eigenvalue weighted by atomic mass is 16.2. The number of hydrogen-bond donors (Lipinski definition) is 0. The molecule has 0 radical (unpaired) electrons. The molecule has 118 valence electrons. The van der Waals surface area contributed by atoms with Crippen LogP contribution in [0.25, 0.3) is 0 Å².